The van der Waals surface area contributed by atoms with Gasteiger partial charge < -0.3 is 20.4 Å². The summed E-state index contributed by atoms with van der Waals surface area (Å²) in [5.41, 5.74) is -0.585. The number of hydrogen-bond donors (Lipinski definition) is 4. The summed E-state index contributed by atoms with van der Waals surface area (Å²) in [6.07, 6.45) is 8.82. The molecule has 4 aliphatic carbocycles. The van der Waals surface area contributed by atoms with E-state index in [1.165, 1.54) is 5.57 Å². The summed E-state index contributed by atoms with van der Waals surface area (Å²) in [6, 6.07) is 0. The van der Waals surface area contributed by atoms with Gasteiger partial charge in [0.05, 0.1) is 12.2 Å². The third-order valence-corrected chi connectivity index (χ3v) is 10.8. The van der Waals surface area contributed by atoms with Gasteiger partial charge in [0.2, 0.25) is 0 Å². The van der Waals surface area contributed by atoms with Crippen LogP contribution in [0.2, 0.25) is 0 Å². The van der Waals surface area contributed by atoms with Crippen LogP contribution in [-0.2, 0) is 0 Å². The SMILES string of the molecule is CC(C)C(C)C=CC(C)C1CC=C2C3C(O)C(O)C4(O)CC(O)CCC4(C)C3CCC21C. The maximum Gasteiger partial charge on any atom is 0.110 e. The maximum absolute atomic E-state index is 11.6. The first-order valence-electron chi connectivity index (χ1n) is 13.0. The summed E-state index contributed by atoms with van der Waals surface area (Å²) in [5, 5.41) is 44.4. The van der Waals surface area contributed by atoms with E-state index >= 15 is 0 Å². The van der Waals surface area contributed by atoms with E-state index in [9.17, 15) is 20.4 Å². The molecule has 0 heterocycles. The Hall–Kier alpha value is -0.680. The van der Waals surface area contributed by atoms with Crippen LogP contribution in [0, 0.1) is 46.3 Å². The molecule has 0 aromatic rings. The van der Waals surface area contributed by atoms with Crippen molar-refractivity contribution < 1.29 is 20.4 Å². The topological polar surface area (TPSA) is 80.9 Å². The molecule has 0 bridgehead atoms. The largest absolute Gasteiger partial charge is 0.393 e. The average Bonchev–Trinajstić information content (AvgIpc) is 3.09. The van der Waals surface area contributed by atoms with E-state index < -0.39 is 29.3 Å². The first kappa shape index (κ1) is 24.4. The summed E-state index contributed by atoms with van der Waals surface area (Å²) in [5.74, 6) is 2.16. The number of hydrogen-bond acceptors (Lipinski definition) is 4. The van der Waals surface area contributed by atoms with Crippen molar-refractivity contribution >= 4 is 0 Å². The summed E-state index contributed by atoms with van der Waals surface area (Å²) < 4.78 is 0. The van der Waals surface area contributed by atoms with Gasteiger partial charge in [0, 0.05) is 17.8 Å². The molecule has 0 aromatic heterocycles. The predicted molar refractivity (Wildman–Crippen MR) is 128 cm³/mol. The fourth-order valence-corrected chi connectivity index (χ4v) is 8.12. The predicted octanol–water partition coefficient (Wildman–Crippen LogP) is 4.47. The van der Waals surface area contributed by atoms with Crippen LogP contribution in [0.25, 0.3) is 0 Å². The van der Waals surface area contributed by atoms with Gasteiger partial charge in [-0.15, -0.1) is 0 Å². The lowest BCUT2D eigenvalue weighted by Gasteiger charge is -2.65. The number of allylic oxidation sites excluding steroid dienone is 3. The van der Waals surface area contributed by atoms with Gasteiger partial charge in [-0.3, -0.25) is 0 Å². The van der Waals surface area contributed by atoms with Crippen LogP contribution < -0.4 is 0 Å². The quantitative estimate of drug-likeness (QED) is 0.481. The van der Waals surface area contributed by atoms with Crippen LogP contribution in [0.5, 0.6) is 0 Å². The minimum Gasteiger partial charge on any atom is -0.393 e. The normalized spacial score (nSPS) is 50.5. The van der Waals surface area contributed by atoms with Crippen LogP contribution in [-0.4, -0.2) is 44.3 Å². The van der Waals surface area contributed by atoms with Crippen molar-refractivity contribution in [3.63, 3.8) is 0 Å². The molecule has 0 amide bonds. The molecule has 4 nitrogen and oxygen atoms in total. The third-order valence-electron chi connectivity index (χ3n) is 10.8. The van der Waals surface area contributed by atoms with E-state index in [4.69, 9.17) is 0 Å². The Morgan fingerprint density at radius 3 is 2.34 bits per heavy atom. The molecule has 3 saturated carbocycles. The van der Waals surface area contributed by atoms with Crippen LogP contribution in [0.15, 0.2) is 23.8 Å². The van der Waals surface area contributed by atoms with E-state index in [1.54, 1.807) is 0 Å². The Balaban J connectivity index is 1.62. The van der Waals surface area contributed by atoms with Crippen molar-refractivity contribution in [2.75, 3.05) is 0 Å². The van der Waals surface area contributed by atoms with E-state index in [2.05, 4.69) is 59.8 Å². The first-order chi connectivity index (χ1) is 14.9. The van der Waals surface area contributed by atoms with E-state index in [0.29, 0.717) is 36.5 Å². The third kappa shape index (κ3) is 3.39. The van der Waals surface area contributed by atoms with Crippen LogP contribution in [0.1, 0.15) is 80.1 Å². The van der Waals surface area contributed by atoms with Gasteiger partial charge >= 0.3 is 0 Å². The molecule has 4 N–H and O–H groups in total. The van der Waals surface area contributed by atoms with E-state index in [-0.39, 0.29) is 23.7 Å². The minimum atomic E-state index is -1.43. The van der Waals surface area contributed by atoms with E-state index in [1.807, 2.05) is 0 Å². The minimum absolute atomic E-state index is 0.0205. The molecule has 3 fully saturated rings. The molecule has 32 heavy (non-hydrogen) atoms. The Kier molecular flexibility index (Phi) is 6.28. The summed E-state index contributed by atoms with van der Waals surface area (Å²) in [7, 11) is 0. The van der Waals surface area contributed by atoms with Crippen LogP contribution in [0.4, 0.5) is 0 Å². The molecule has 0 spiro atoms. The fraction of sp³-hybridized carbons (Fsp3) is 0.857. The highest BCUT2D eigenvalue weighted by molar-refractivity contribution is 5.34. The molecule has 4 aliphatic rings. The zero-order chi connectivity index (χ0) is 23.6. The van der Waals surface area contributed by atoms with Gasteiger partial charge in [0.25, 0.3) is 0 Å². The molecule has 182 valence electrons. The molecular formula is C28H46O4. The zero-order valence-corrected chi connectivity index (χ0v) is 21.0. The molecule has 4 rings (SSSR count). The Morgan fingerprint density at radius 1 is 1.00 bits per heavy atom. The van der Waals surface area contributed by atoms with Crippen LogP contribution in [0.3, 0.4) is 0 Å². The fourth-order valence-electron chi connectivity index (χ4n) is 8.12. The number of aliphatic hydroxyl groups excluding tert-OH is 3. The maximum atomic E-state index is 11.6. The molecule has 0 aliphatic heterocycles. The lowest BCUT2D eigenvalue weighted by molar-refractivity contribution is -0.281. The second kappa shape index (κ2) is 8.22. The molecule has 4 heteroatoms. The van der Waals surface area contributed by atoms with Gasteiger partial charge in [0.1, 0.15) is 11.7 Å². The second-order valence-corrected chi connectivity index (χ2v) is 12.6. The highest BCUT2D eigenvalue weighted by Gasteiger charge is 2.69. The molecule has 0 aromatic carbocycles. The lowest BCUT2D eigenvalue weighted by atomic mass is 9.42. The molecule has 0 saturated heterocycles. The summed E-state index contributed by atoms with van der Waals surface area (Å²) in [6.45, 7) is 13.6. The van der Waals surface area contributed by atoms with Crippen LogP contribution >= 0.6 is 0 Å². The van der Waals surface area contributed by atoms with Crippen molar-refractivity contribution in [3.8, 4) is 0 Å². The molecule has 11 atom stereocenters. The lowest BCUT2D eigenvalue weighted by Crippen LogP contribution is -2.72. The Morgan fingerprint density at radius 2 is 1.69 bits per heavy atom. The number of aliphatic hydroxyl groups is 4. The standard InChI is InChI=1S/C28H46O4/c1-16(2)17(3)7-8-18(4)20-9-10-21-23-22(12-13-26(20,21)5)27(6)14-11-19(29)15-28(27,32)25(31)24(23)30/h7-8,10,16-20,22-25,29-32H,9,11-15H2,1-6H3. The zero-order valence-electron chi connectivity index (χ0n) is 21.0. The van der Waals surface area contributed by atoms with Gasteiger partial charge in [0.15, 0.2) is 0 Å². The molecule has 11 unspecified atom stereocenters. The van der Waals surface area contributed by atoms with Crippen molar-refractivity contribution in [3.05, 3.63) is 23.8 Å². The van der Waals surface area contributed by atoms with Gasteiger partial charge in [-0.1, -0.05) is 65.3 Å². The monoisotopic (exact) mass is 446 g/mol. The highest BCUT2D eigenvalue weighted by Crippen LogP contribution is 2.67. The first-order valence-corrected chi connectivity index (χ1v) is 13.0. The second-order valence-electron chi connectivity index (χ2n) is 12.6. The van der Waals surface area contributed by atoms with Crippen molar-refractivity contribution in [2.24, 2.45) is 46.3 Å². The molecular weight excluding hydrogens is 400 g/mol. The number of rotatable bonds is 4. The summed E-state index contributed by atoms with van der Waals surface area (Å²) in [4.78, 5) is 0. The Bertz CT molecular complexity index is 773. The van der Waals surface area contributed by atoms with Gasteiger partial charge in [-0.25, -0.2) is 0 Å². The Labute approximate surface area is 194 Å². The van der Waals surface area contributed by atoms with Crippen molar-refractivity contribution in [2.45, 2.75) is 104 Å². The smallest absolute Gasteiger partial charge is 0.110 e. The van der Waals surface area contributed by atoms with E-state index in [0.717, 1.165) is 19.3 Å². The van der Waals surface area contributed by atoms with Crippen molar-refractivity contribution in [1.29, 1.82) is 0 Å². The van der Waals surface area contributed by atoms with Crippen molar-refractivity contribution in [1.82, 2.24) is 0 Å². The van der Waals surface area contributed by atoms with Gasteiger partial charge in [-0.05, 0) is 67.1 Å². The average molecular weight is 447 g/mol. The molecule has 0 radical (unpaired) electrons. The number of fused-ring (bicyclic) bond motifs is 5. The summed E-state index contributed by atoms with van der Waals surface area (Å²) >= 11 is 0. The van der Waals surface area contributed by atoms with Gasteiger partial charge in [-0.2, -0.15) is 0 Å². The highest BCUT2D eigenvalue weighted by atomic mass is 16.4.